The number of aromatic hydroxyl groups is 3. The number of ketones is 1. The Labute approximate surface area is 149 Å². The van der Waals surface area contributed by atoms with Crippen LogP contribution in [0.5, 0.6) is 23.0 Å². The molecule has 3 aromatic rings. The zero-order valence-corrected chi connectivity index (χ0v) is 13.7. The Morgan fingerprint density at radius 1 is 0.692 bits per heavy atom. The van der Waals surface area contributed by atoms with E-state index in [2.05, 4.69) is 0 Å². The van der Waals surface area contributed by atoms with Gasteiger partial charge in [0, 0.05) is 6.07 Å². The third-order valence-electron chi connectivity index (χ3n) is 4.54. The molecule has 5 nitrogen and oxygen atoms in total. The number of benzene rings is 3. The van der Waals surface area contributed by atoms with E-state index in [-0.39, 0.29) is 23.0 Å². The number of hydrogen-bond acceptors (Lipinski definition) is 5. The van der Waals surface area contributed by atoms with Crippen LogP contribution in [0.15, 0.2) is 66.7 Å². The Kier molecular flexibility index (Phi) is 3.77. The molecule has 0 saturated carbocycles. The minimum absolute atomic E-state index is 0.0177. The summed E-state index contributed by atoms with van der Waals surface area (Å²) in [6.07, 6.45) is -0.623. The predicted octanol–water partition coefficient (Wildman–Crippen LogP) is 3.90. The van der Waals surface area contributed by atoms with E-state index in [0.717, 1.165) is 5.56 Å². The van der Waals surface area contributed by atoms with Gasteiger partial charge in [-0.3, -0.25) is 4.79 Å². The van der Waals surface area contributed by atoms with Gasteiger partial charge < -0.3 is 20.1 Å². The van der Waals surface area contributed by atoms with Crippen LogP contribution in [0, 0.1) is 0 Å². The first-order valence-electron chi connectivity index (χ1n) is 8.14. The Hall–Kier alpha value is -3.47. The predicted molar refractivity (Wildman–Crippen MR) is 94.8 cm³/mol. The van der Waals surface area contributed by atoms with Gasteiger partial charge in [0.2, 0.25) is 0 Å². The van der Waals surface area contributed by atoms with Gasteiger partial charge in [0.05, 0.1) is 11.5 Å². The van der Waals surface area contributed by atoms with Gasteiger partial charge in [-0.2, -0.15) is 0 Å². The van der Waals surface area contributed by atoms with E-state index >= 15 is 0 Å². The van der Waals surface area contributed by atoms with Crippen LogP contribution in [0.1, 0.15) is 33.5 Å². The number of ether oxygens (including phenoxy) is 1. The molecule has 0 fully saturated rings. The molecular formula is C21H16O5. The van der Waals surface area contributed by atoms with Gasteiger partial charge >= 0.3 is 0 Å². The highest BCUT2D eigenvalue weighted by Crippen LogP contribution is 2.45. The van der Waals surface area contributed by atoms with Crippen molar-refractivity contribution in [1.29, 1.82) is 0 Å². The molecule has 26 heavy (non-hydrogen) atoms. The second-order valence-corrected chi connectivity index (χ2v) is 6.24. The molecule has 0 spiro atoms. The molecule has 0 bridgehead atoms. The van der Waals surface area contributed by atoms with Crippen molar-refractivity contribution in [2.75, 3.05) is 0 Å². The lowest BCUT2D eigenvalue weighted by Gasteiger charge is -2.33. The number of fused-ring (bicyclic) bond motifs is 1. The standard InChI is InChI=1S/C21H16O5/c22-14-5-1-12(2-6-14)19-20(25)17-10-9-16(24)11-18(17)26-21(19)13-3-7-15(23)8-4-13/h1-11,19,21-24H/t19-,21-/m1/s1. The maximum absolute atomic E-state index is 13.2. The van der Waals surface area contributed by atoms with Crippen molar-refractivity contribution in [2.24, 2.45) is 0 Å². The van der Waals surface area contributed by atoms with Crippen LogP contribution >= 0.6 is 0 Å². The number of Topliss-reactive ketones (excluding diaryl/α,β-unsaturated/α-hetero) is 1. The van der Waals surface area contributed by atoms with E-state index in [9.17, 15) is 20.1 Å². The minimum atomic E-state index is -0.623. The summed E-state index contributed by atoms with van der Waals surface area (Å²) in [4.78, 5) is 13.2. The average Bonchev–Trinajstić information content (AvgIpc) is 2.63. The third-order valence-corrected chi connectivity index (χ3v) is 4.54. The second kappa shape index (κ2) is 6.11. The zero-order valence-electron chi connectivity index (χ0n) is 13.7. The smallest absolute Gasteiger partial charge is 0.178 e. The van der Waals surface area contributed by atoms with Crippen molar-refractivity contribution >= 4 is 5.78 Å². The van der Waals surface area contributed by atoms with E-state index in [1.165, 1.54) is 36.4 Å². The van der Waals surface area contributed by atoms with Gasteiger partial charge in [0.1, 0.15) is 29.1 Å². The number of phenols is 3. The fourth-order valence-electron chi connectivity index (χ4n) is 3.25. The van der Waals surface area contributed by atoms with E-state index in [4.69, 9.17) is 4.74 Å². The van der Waals surface area contributed by atoms with Crippen LogP contribution in [0.2, 0.25) is 0 Å². The highest BCUT2D eigenvalue weighted by molar-refractivity contribution is 6.04. The number of rotatable bonds is 2. The van der Waals surface area contributed by atoms with Crippen LogP contribution in [-0.2, 0) is 0 Å². The van der Waals surface area contributed by atoms with E-state index in [0.29, 0.717) is 16.9 Å². The molecule has 0 radical (unpaired) electrons. The highest BCUT2D eigenvalue weighted by Gasteiger charge is 2.39. The molecule has 5 heteroatoms. The molecule has 2 atom stereocenters. The Bertz CT molecular complexity index is 961. The lowest BCUT2D eigenvalue weighted by atomic mass is 9.81. The van der Waals surface area contributed by atoms with Crippen molar-refractivity contribution in [1.82, 2.24) is 0 Å². The highest BCUT2D eigenvalue weighted by atomic mass is 16.5. The molecule has 130 valence electrons. The SMILES string of the molecule is O=C1c2ccc(O)cc2O[C@H](c2ccc(O)cc2)[C@@H]1c1ccc(O)cc1. The minimum Gasteiger partial charge on any atom is -0.508 e. The monoisotopic (exact) mass is 348 g/mol. The first-order valence-corrected chi connectivity index (χ1v) is 8.14. The molecule has 0 aliphatic carbocycles. The maximum Gasteiger partial charge on any atom is 0.178 e. The van der Waals surface area contributed by atoms with Crippen molar-refractivity contribution in [3.05, 3.63) is 83.4 Å². The van der Waals surface area contributed by atoms with Crippen molar-refractivity contribution in [3.8, 4) is 23.0 Å². The summed E-state index contributed by atoms with van der Waals surface area (Å²) < 4.78 is 6.08. The van der Waals surface area contributed by atoms with Gasteiger partial charge in [0.15, 0.2) is 5.78 Å². The molecule has 3 N–H and O–H groups in total. The normalized spacial score (nSPS) is 18.8. The summed E-state index contributed by atoms with van der Waals surface area (Å²) in [6.45, 7) is 0. The lowest BCUT2D eigenvalue weighted by molar-refractivity contribution is 0.0781. The van der Waals surface area contributed by atoms with Crippen LogP contribution < -0.4 is 4.74 Å². The summed E-state index contributed by atoms with van der Waals surface area (Å²) in [5.41, 5.74) is 1.84. The Morgan fingerprint density at radius 2 is 1.23 bits per heavy atom. The summed E-state index contributed by atoms with van der Waals surface area (Å²) in [5.74, 6) is -0.168. The molecule has 0 saturated heterocycles. The van der Waals surface area contributed by atoms with Crippen molar-refractivity contribution in [3.63, 3.8) is 0 Å². The third kappa shape index (κ3) is 2.73. The lowest BCUT2D eigenvalue weighted by Crippen LogP contribution is -2.30. The molecule has 4 rings (SSSR count). The fourth-order valence-corrected chi connectivity index (χ4v) is 3.25. The quantitative estimate of drug-likeness (QED) is 0.654. The number of phenolic OH excluding ortho intramolecular Hbond substituents is 3. The summed E-state index contributed by atoms with van der Waals surface area (Å²) in [6, 6.07) is 17.4. The Balaban J connectivity index is 1.86. The molecule has 3 aromatic carbocycles. The summed E-state index contributed by atoms with van der Waals surface area (Å²) in [7, 11) is 0. The molecule has 0 unspecified atom stereocenters. The first-order chi connectivity index (χ1) is 12.5. The number of carbonyl (C=O) groups excluding carboxylic acids is 1. The van der Waals surface area contributed by atoms with Gasteiger partial charge in [-0.05, 0) is 47.5 Å². The largest absolute Gasteiger partial charge is 0.508 e. The average molecular weight is 348 g/mol. The topological polar surface area (TPSA) is 87.0 Å². The fraction of sp³-hybridized carbons (Fsp3) is 0.0952. The molecule has 0 amide bonds. The van der Waals surface area contributed by atoms with E-state index in [1.54, 1.807) is 30.3 Å². The van der Waals surface area contributed by atoms with Gasteiger partial charge in [-0.25, -0.2) is 0 Å². The molecule has 1 heterocycles. The van der Waals surface area contributed by atoms with Crippen molar-refractivity contribution < 1.29 is 24.9 Å². The number of hydrogen-bond donors (Lipinski definition) is 3. The van der Waals surface area contributed by atoms with Crippen molar-refractivity contribution in [2.45, 2.75) is 12.0 Å². The van der Waals surface area contributed by atoms with Gasteiger partial charge in [0.25, 0.3) is 0 Å². The summed E-state index contributed by atoms with van der Waals surface area (Å²) in [5, 5.41) is 28.8. The van der Waals surface area contributed by atoms with Crippen LogP contribution in [0.4, 0.5) is 0 Å². The summed E-state index contributed by atoms with van der Waals surface area (Å²) >= 11 is 0. The molecule has 1 aliphatic heterocycles. The Morgan fingerprint density at radius 3 is 1.85 bits per heavy atom. The van der Waals surface area contributed by atoms with Crippen LogP contribution in [0.3, 0.4) is 0 Å². The van der Waals surface area contributed by atoms with Crippen LogP contribution in [-0.4, -0.2) is 21.1 Å². The maximum atomic E-state index is 13.2. The zero-order chi connectivity index (χ0) is 18.3. The van der Waals surface area contributed by atoms with Crippen LogP contribution in [0.25, 0.3) is 0 Å². The second-order valence-electron chi connectivity index (χ2n) is 6.24. The number of carbonyl (C=O) groups is 1. The molecule has 0 aromatic heterocycles. The molecule has 1 aliphatic rings. The van der Waals surface area contributed by atoms with Gasteiger partial charge in [-0.1, -0.05) is 24.3 Å². The van der Waals surface area contributed by atoms with Gasteiger partial charge in [-0.15, -0.1) is 0 Å². The molecular weight excluding hydrogens is 332 g/mol. The van der Waals surface area contributed by atoms with E-state index in [1.807, 2.05) is 0 Å². The first kappa shape index (κ1) is 16.0. The van der Waals surface area contributed by atoms with E-state index < -0.39 is 12.0 Å².